The third-order valence-electron chi connectivity index (χ3n) is 15.6. The van der Waals surface area contributed by atoms with Crippen molar-refractivity contribution in [1.29, 1.82) is 0 Å². The summed E-state index contributed by atoms with van der Waals surface area (Å²) >= 11 is 12.6. The van der Waals surface area contributed by atoms with Crippen LogP contribution in [-0.2, 0) is 20.0 Å². The molecule has 2 unspecified atom stereocenters. The van der Waals surface area contributed by atoms with Crippen molar-refractivity contribution >= 4 is 94.2 Å². The van der Waals surface area contributed by atoms with Crippen molar-refractivity contribution in [3.8, 4) is 22.3 Å². The Hall–Kier alpha value is -8.13. The molecule has 6 heterocycles. The molecule has 27 heteroatoms. The van der Waals surface area contributed by atoms with Gasteiger partial charge in [0.25, 0.3) is 5.91 Å². The summed E-state index contributed by atoms with van der Waals surface area (Å²) in [5.74, 6) is -6.03. The van der Waals surface area contributed by atoms with Crippen LogP contribution in [0.2, 0.25) is 10.0 Å². The number of carbonyl (C=O) groups is 3. The summed E-state index contributed by atoms with van der Waals surface area (Å²) < 4.78 is 145. The Morgan fingerprint density at radius 2 is 1.00 bits per heavy atom. The van der Waals surface area contributed by atoms with E-state index in [4.69, 9.17) is 23.2 Å². The van der Waals surface area contributed by atoms with Gasteiger partial charge in [-0.1, -0.05) is 29.3 Å². The van der Waals surface area contributed by atoms with Gasteiger partial charge in [0.15, 0.2) is 11.6 Å². The Bertz CT molecular complexity index is 4460. The number of pyridine rings is 2. The number of sulfonamides is 2. The van der Waals surface area contributed by atoms with E-state index in [9.17, 15) is 44.4 Å². The molecule has 4 saturated carbocycles. The quantitative estimate of drug-likeness (QED) is 0.0640. The van der Waals surface area contributed by atoms with E-state index in [0.717, 1.165) is 66.5 Å². The maximum atomic E-state index is 15.9. The van der Waals surface area contributed by atoms with E-state index in [1.807, 2.05) is 0 Å². The fourth-order valence-corrected chi connectivity index (χ4v) is 14.3. The van der Waals surface area contributed by atoms with Gasteiger partial charge in [-0.25, -0.2) is 73.1 Å². The largest absolute Gasteiger partial charge is 0.345 e. The van der Waals surface area contributed by atoms with E-state index in [1.165, 1.54) is 30.6 Å². The van der Waals surface area contributed by atoms with E-state index >= 15 is 13.2 Å². The van der Waals surface area contributed by atoms with Gasteiger partial charge in [0.1, 0.15) is 46.9 Å². The van der Waals surface area contributed by atoms with Crippen LogP contribution in [0.1, 0.15) is 130 Å². The summed E-state index contributed by atoms with van der Waals surface area (Å²) in [5, 5.41) is -1.76. The molecule has 0 aliphatic heterocycles. The zero-order valence-electron chi connectivity index (χ0n) is 44.7. The van der Waals surface area contributed by atoms with E-state index < -0.39 is 106 Å². The van der Waals surface area contributed by atoms with Gasteiger partial charge in [0.2, 0.25) is 31.6 Å². The average Bonchev–Trinajstić information content (AvgIpc) is 2.98. The normalized spacial score (nSPS) is 18.7. The van der Waals surface area contributed by atoms with Gasteiger partial charge >= 0.3 is 0 Å². The molecule has 86 heavy (non-hydrogen) atoms. The van der Waals surface area contributed by atoms with Crippen LogP contribution in [0.15, 0.2) is 104 Å². The van der Waals surface area contributed by atoms with Gasteiger partial charge in [0, 0.05) is 100 Å². The minimum Gasteiger partial charge on any atom is -0.345 e. The summed E-state index contributed by atoms with van der Waals surface area (Å²) in [7, 11) is -8.41. The standard InChI is InChI=1S/C33H24Cl2F3N5O4S.C26H22F3N5O3S/c34-23-2-1-3-24(35)27(23)33(45)43-15-22(21-10-17(12-41-32(21)43)18-13-39-31(40-14-18)16-4-5-16)30(44)28-25(37)8-9-26(29(28)38)42-48(46,47)20-7-6-19(36)11-20;27-16-3-4-17(8-16)38(36,37)34-21-6-5-20(28)22(23(21)29)24(35)19-12-33-26-18(19)7-14(9-32-26)15-10-30-25(31-11-15)13-1-2-13/h1-3,8-10,12-16,19-20,42H,4-7,11H2;5-7,9-13,16-17,34H,1-4,8H2,(H,32,33)/t19-,20?;16-,17?/m11/s1. The lowest BCUT2D eigenvalue weighted by Crippen LogP contribution is -2.26. The molecule has 4 fully saturated rings. The molecular weight excluding hydrogens is 1210 g/mol. The number of nitrogens with zero attached hydrogens (tertiary/aromatic N) is 7. The molecule has 17 nitrogen and oxygen atoms in total. The van der Waals surface area contributed by atoms with Crippen LogP contribution in [0.4, 0.5) is 37.7 Å². The summed E-state index contributed by atoms with van der Waals surface area (Å²) in [5.41, 5.74) is -1.16. The van der Waals surface area contributed by atoms with E-state index in [-0.39, 0.29) is 76.3 Å². The minimum atomic E-state index is -4.27. The first-order valence-corrected chi connectivity index (χ1v) is 31.0. The van der Waals surface area contributed by atoms with Crippen LogP contribution in [0.25, 0.3) is 44.3 Å². The first-order valence-electron chi connectivity index (χ1n) is 27.1. The molecular formula is C59H46Cl2F6N10O7S2. The molecule has 4 aliphatic carbocycles. The molecule has 6 aromatic heterocycles. The first-order chi connectivity index (χ1) is 41.1. The Kier molecular flexibility index (Phi) is 15.5. The summed E-state index contributed by atoms with van der Waals surface area (Å²) in [6.07, 6.45) is 13.3. The molecule has 0 radical (unpaired) electrons. The van der Waals surface area contributed by atoms with Crippen molar-refractivity contribution in [1.82, 2.24) is 39.5 Å². The Morgan fingerprint density at radius 3 is 1.47 bits per heavy atom. The fourth-order valence-electron chi connectivity index (χ4n) is 10.6. The van der Waals surface area contributed by atoms with E-state index in [1.54, 1.807) is 43.1 Å². The van der Waals surface area contributed by atoms with Gasteiger partial charge in [-0.15, -0.1) is 0 Å². The SMILES string of the molecule is O=C(c1c(F)ccc(NS(=O)(=O)C2CC[C@@H](F)C2)c1F)c1c[nH]c2ncc(-c3cnc(C4CC4)nc3)cc12.O=C(c1c(F)ccc(NS(=O)(=O)C2CC[C@@H](F)C2)c1F)c1cn(C(=O)c2c(Cl)cccc2Cl)c2ncc(-c3cnc(C4CC4)nc3)cc12. The topological polar surface area (TPSA) is 242 Å². The number of nitrogens with one attached hydrogen (secondary N) is 3. The molecule has 0 saturated heterocycles. The van der Waals surface area contributed by atoms with Gasteiger partial charge in [-0.3, -0.25) is 28.4 Å². The number of hydrogen-bond acceptors (Lipinski definition) is 13. The van der Waals surface area contributed by atoms with Gasteiger partial charge < -0.3 is 4.98 Å². The number of alkyl halides is 2. The number of aromatic nitrogens is 8. The predicted octanol–water partition coefficient (Wildman–Crippen LogP) is 12.5. The second kappa shape index (κ2) is 22.9. The molecule has 9 aromatic rings. The van der Waals surface area contributed by atoms with E-state index in [0.29, 0.717) is 50.9 Å². The van der Waals surface area contributed by atoms with Crippen LogP contribution in [-0.4, -0.2) is 96.6 Å². The third kappa shape index (κ3) is 11.4. The zero-order valence-corrected chi connectivity index (χ0v) is 47.8. The van der Waals surface area contributed by atoms with Crippen molar-refractivity contribution in [3.63, 3.8) is 0 Å². The average molecular weight is 1260 g/mol. The Morgan fingerprint density at radius 1 is 0.547 bits per heavy atom. The zero-order chi connectivity index (χ0) is 60.5. The highest BCUT2D eigenvalue weighted by molar-refractivity contribution is 7.93. The molecule has 0 bridgehead atoms. The van der Waals surface area contributed by atoms with Crippen molar-refractivity contribution in [3.05, 3.63) is 177 Å². The van der Waals surface area contributed by atoms with Crippen LogP contribution in [0.3, 0.4) is 0 Å². The molecule has 4 atom stereocenters. The first kappa shape index (κ1) is 58.3. The fraction of sp³-hybridized carbons (Fsp3) is 0.271. The molecule has 3 N–H and O–H groups in total. The van der Waals surface area contributed by atoms with Crippen LogP contribution in [0, 0.1) is 23.3 Å². The van der Waals surface area contributed by atoms with Crippen molar-refractivity contribution in [2.75, 3.05) is 9.44 Å². The molecule has 0 spiro atoms. The number of carbonyl (C=O) groups excluding carboxylic acids is 3. The third-order valence-corrected chi connectivity index (χ3v) is 19.9. The highest BCUT2D eigenvalue weighted by Crippen LogP contribution is 2.41. The number of halogens is 8. The van der Waals surface area contributed by atoms with Crippen molar-refractivity contribution < 1.29 is 57.6 Å². The molecule has 4 aliphatic rings. The molecule has 0 amide bonds. The summed E-state index contributed by atoms with van der Waals surface area (Å²) in [6, 6.07) is 10.9. The molecule has 13 rings (SSSR count). The van der Waals surface area contributed by atoms with Gasteiger partial charge in [0.05, 0.1) is 54.2 Å². The van der Waals surface area contributed by atoms with Crippen LogP contribution in [0.5, 0.6) is 0 Å². The lowest BCUT2D eigenvalue weighted by atomic mass is 10.0. The summed E-state index contributed by atoms with van der Waals surface area (Å²) in [4.78, 5) is 70.4. The van der Waals surface area contributed by atoms with Gasteiger partial charge in [-0.2, -0.15) is 0 Å². The number of H-pyrrole nitrogens is 1. The van der Waals surface area contributed by atoms with Crippen molar-refractivity contribution in [2.24, 2.45) is 0 Å². The number of ketones is 2. The Labute approximate surface area is 496 Å². The van der Waals surface area contributed by atoms with Gasteiger partial charge in [-0.05, 0) is 113 Å². The predicted molar refractivity (Wildman–Crippen MR) is 308 cm³/mol. The number of anilines is 2. The number of hydrogen-bond donors (Lipinski definition) is 3. The second-order valence-corrected chi connectivity index (χ2v) is 26.3. The maximum absolute atomic E-state index is 15.9. The maximum Gasteiger partial charge on any atom is 0.266 e. The number of rotatable bonds is 15. The number of benzene rings is 3. The second-order valence-electron chi connectivity index (χ2n) is 21.5. The summed E-state index contributed by atoms with van der Waals surface area (Å²) in [6.45, 7) is 0. The smallest absolute Gasteiger partial charge is 0.266 e. The van der Waals surface area contributed by atoms with E-state index in [2.05, 4.69) is 44.3 Å². The monoisotopic (exact) mass is 1250 g/mol. The lowest BCUT2D eigenvalue weighted by molar-refractivity contribution is 0.0963. The highest BCUT2D eigenvalue weighted by atomic mass is 35.5. The highest BCUT2D eigenvalue weighted by Gasteiger charge is 2.38. The number of fused-ring (bicyclic) bond motifs is 2. The lowest BCUT2D eigenvalue weighted by Gasteiger charge is -2.15. The van der Waals surface area contributed by atoms with Crippen molar-refractivity contribution in [2.45, 2.75) is 98.9 Å². The molecule has 442 valence electrons. The minimum absolute atomic E-state index is 0.0187. The van der Waals surface area contributed by atoms with Crippen LogP contribution < -0.4 is 9.44 Å². The van der Waals surface area contributed by atoms with Crippen LogP contribution >= 0.6 is 23.2 Å². The molecule has 3 aromatic carbocycles. The number of aromatic amines is 1. The Balaban J connectivity index is 0.000000173.